The van der Waals surface area contributed by atoms with Crippen LogP contribution in [0.1, 0.15) is 37.8 Å². The van der Waals surface area contributed by atoms with Gasteiger partial charge in [0.05, 0.1) is 0 Å². The second kappa shape index (κ2) is 9.72. The van der Waals surface area contributed by atoms with E-state index in [0.29, 0.717) is 12.3 Å². The monoisotopic (exact) mass is 340 g/mol. The molecule has 1 heterocycles. The van der Waals surface area contributed by atoms with Crippen molar-refractivity contribution >= 4 is 11.8 Å². The summed E-state index contributed by atoms with van der Waals surface area (Å²) in [6, 6.07) is 16.0. The molecule has 0 spiro atoms. The highest BCUT2D eigenvalue weighted by molar-refractivity contribution is 5.70. The Bertz CT molecular complexity index is 668. The van der Waals surface area contributed by atoms with Crippen molar-refractivity contribution in [2.45, 2.75) is 46.1 Å². The molecule has 0 aliphatic carbocycles. The van der Waals surface area contributed by atoms with Crippen LogP contribution in [0.25, 0.3) is 0 Å². The molecule has 25 heavy (non-hydrogen) atoms. The van der Waals surface area contributed by atoms with Gasteiger partial charge in [0.25, 0.3) is 0 Å². The topological polar surface area (TPSA) is 50.4 Å². The lowest BCUT2D eigenvalue weighted by atomic mass is 10.1. The lowest BCUT2D eigenvalue weighted by Gasteiger charge is -2.18. The molecule has 1 aliphatic heterocycles. The smallest absolute Gasteiger partial charge is 0.410 e. The summed E-state index contributed by atoms with van der Waals surface area (Å²) < 4.78 is 5.28. The molecule has 2 aromatic rings. The van der Waals surface area contributed by atoms with Crippen LogP contribution in [0.3, 0.4) is 0 Å². The number of para-hydroxylation sites is 1. The number of hydrogen-bond donors (Lipinski definition) is 2. The van der Waals surface area contributed by atoms with Gasteiger partial charge in [-0.1, -0.05) is 49.7 Å². The molecular formula is C21H28N2O2. The van der Waals surface area contributed by atoms with Crippen LogP contribution < -0.4 is 15.4 Å². The van der Waals surface area contributed by atoms with E-state index in [4.69, 9.17) is 4.74 Å². The molecule has 0 aromatic heterocycles. The first kappa shape index (κ1) is 18.8. The Hall–Kier alpha value is -2.49. The van der Waals surface area contributed by atoms with Crippen LogP contribution in [0, 0.1) is 6.92 Å². The number of rotatable bonds is 3. The van der Waals surface area contributed by atoms with Gasteiger partial charge in [-0.3, -0.25) is 0 Å². The zero-order valence-corrected chi connectivity index (χ0v) is 15.3. The summed E-state index contributed by atoms with van der Waals surface area (Å²) in [5.41, 5.74) is 3.65. The fourth-order valence-corrected chi connectivity index (χ4v) is 2.82. The summed E-state index contributed by atoms with van der Waals surface area (Å²) in [6.07, 6.45) is 2.81. The molecule has 0 bridgehead atoms. The Balaban J connectivity index is 0.00000109. The van der Waals surface area contributed by atoms with Crippen LogP contribution >= 0.6 is 0 Å². The van der Waals surface area contributed by atoms with Gasteiger partial charge in [-0.15, -0.1) is 0 Å². The standard InChI is InChI=1S/C19H22N2O2.C2H6/c1-14-9-11-17(12-10-14)23-19(22)20-13-16-7-4-6-15-5-2-3-8-18(15)21-16;1-2/h2-3,5,8-12,16,21H,4,6-7,13H2,1H3,(H,20,22);1-2H3. The maximum atomic E-state index is 11.9. The molecule has 134 valence electrons. The minimum absolute atomic E-state index is 0.226. The van der Waals surface area contributed by atoms with Crippen molar-refractivity contribution in [3.63, 3.8) is 0 Å². The number of nitrogens with one attached hydrogen (secondary N) is 2. The summed E-state index contributed by atoms with van der Waals surface area (Å²) in [4.78, 5) is 11.9. The van der Waals surface area contributed by atoms with Gasteiger partial charge in [-0.2, -0.15) is 0 Å². The number of anilines is 1. The molecule has 2 aromatic carbocycles. The number of carbonyl (C=O) groups excluding carboxylic acids is 1. The van der Waals surface area contributed by atoms with E-state index in [0.717, 1.165) is 24.8 Å². The van der Waals surface area contributed by atoms with E-state index in [2.05, 4.69) is 28.8 Å². The van der Waals surface area contributed by atoms with Gasteiger partial charge in [0.15, 0.2) is 0 Å². The van der Waals surface area contributed by atoms with Crippen LogP contribution in [0.5, 0.6) is 5.75 Å². The Labute approximate surface area is 150 Å². The summed E-state index contributed by atoms with van der Waals surface area (Å²) in [6.45, 7) is 6.55. The molecule has 0 saturated heterocycles. The lowest BCUT2D eigenvalue weighted by molar-refractivity contribution is 0.200. The number of hydrogen-bond acceptors (Lipinski definition) is 3. The van der Waals surface area contributed by atoms with Gasteiger partial charge >= 0.3 is 6.09 Å². The van der Waals surface area contributed by atoms with Gasteiger partial charge in [-0.05, 0) is 49.9 Å². The van der Waals surface area contributed by atoms with Crippen LogP contribution in [-0.2, 0) is 6.42 Å². The minimum Gasteiger partial charge on any atom is -0.410 e. The SMILES string of the molecule is CC.Cc1ccc(OC(=O)NCC2CCCc3ccccc3N2)cc1. The largest absolute Gasteiger partial charge is 0.412 e. The van der Waals surface area contributed by atoms with Gasteiger partial charge in [0, 0.05) is 18.3 Å². The molecule has 0 fully saturated rings. The maximum absolute atomic E-state index is 11.9. The summed E-state index contributed by atoms with van der Waals surface area (Å²) in [5.74, 6) is 0.562. The van der Waals surface area contributed by atoms with E-state index >= 15 is 0 Å². The predicted molar refractivity (Wildman–Crippen MR) is 103 cm³/mol. The number of amides is 1. The van der Waals surface area contributed by atoms with Crippen molar-refractivity contribution in [2.24, 2.45) is 0 Å². The second-order valence-electron chi connectivity index (χ2n) is 5.97. The van der Waals surface area contributed by atoms with Crippen LogP contribution in [0.15, 0.2) is 48.5 Å². The third-order valence-electron chi connectivity index (χ3n) is 4.10. The highest BCUT2D eigenvalue weighted by Gasteiger charge is 2.16. The van der Waals surface area contributed by atoms with E-state index < -0.39 is 6.09 Å². The van der Waals surface area contributed by atoms with Gasteiger partial charge < -0.3 is 15.4 Å². The number of benzene rings is 2. The first-order chi connectivity index (χ1) is 12.2. The fraction of sp³-hybridized carbons (Fsp3) is 0.381. The van der Waals surface area contributed by atoms with Crippen molar-refractivity contribution in [1.82, 2.24) is 5.32 Å². The molecule has 1 atom stereocenters. The molecular weight excluding hydrogens is 312 g/mol. The average Bonchev–Trinajstić information content (AvgIpc) is 2.85. The van der Waals surface area contributed by atoms with Gasteiger partial charge in [-0.25, -0.2) is 4.79 Å². The Morgan fingerprint density at radius 3 is 2.64 bits per heavy atom. The molecule has 1 aliphatic rings. The van der Waals surface area contributed by atoms with E-state index in [-0.39, 0.29) is 6.04 Å². The van der Waals surface area contributed by atoms with Crippen LogP contribution in [0.2, 0.25) is 0 Å². The normalized spacial score (nSPS) is 15.6. The van der Waals surface area contributed by atoms with E-state index in [1.165, 1.54) is 11.3 Å². The average molecular weight is 340 g/mol. The minimum atomic E-state index is -0.409. The zero-order valence-electron chi connectivity index (χ0n) is 15.3. The van der Waals surface area contributed by atoms with Crippen molar-refractivity contribution in [3.8, 4) is 5.75 Å². The number of fused-ring (bicyclic) bond motifs is 1. The Kier molecular flexibility index (Phi) is 7.33. The third-order valence-corrected chi connectivity index (χ3v) is 4.10. The van der Waals surface area contributed by atoms with Crippen LogP contribution in [0.4, 0.5) is 10.5 Å². The predicted octanol–water partition coefficient (Wildman–Crippen LogP) is 4.93. The van der Waals surface area contributed by atoms with E-state index in [1.54, 1.807) is 12.1 Å². The van der Waals surface area contributed by atoms with E-state index in [9.17, 15) is 4.79 Å². The number of carbonyl (C=O) groups is 1. The maximum Gasteiger partial charge on any atom is 0.412 e. The highest BCUT2D eigenvalue weighted by atomic mass is 16.6. The molecule has 4 heteroatoms. The number of aryl methyl sites for hydroxylation is 2. The second-order valence-corrected chi connectivity index (χ2v) is 5.97. The third kappa shape index (κ3) is 5.82. The summed E-state index contributed by atoms with van der Waals surface area (Å²) >= 11 is 0. The molecule has 2 N–H and O–H groups in total. The molecule has 3 rings (SSSR count). The lowest BCUT2D eigenvalue weighted by Crippen LogP contribution is -2.37. The highest BCUT2D eigenvalue weighted by Crippen LogP contribution is 2.23. The number of ether oxygens (including phenoxy) is 1. The summed E-state index contributed by atoms with van der Waals surface area (Å²) in [7, 11) is 0. The van der Waals surface area contributed by atoms with Gasteiger partial charge in [0.1, 0.15) is 5.75 Å². The molecule has 1 amide bonds. The molecule has 1 unspecified atom stereocenters. The Morgan fingerprint density at radius 1 is 1.16 bits per heavy atom. The van der Waals surface area contributed by atoms with Crippen molar-refractivity contribution in [3.05, 3.63) is 59.7 Å². The summed E-state index contributed by atoms with van der Waals surface area (Å²) in [5, 5.41) is 6.37. The van der Waals surface area contributed by atoms with Crippen molar-refractivity contribution in [1.29, 1.82) is 0 Å². The van der Waals surface area contributed by atoms with Crippen molar-refractivity contribution < 1.29 is 9.53 Å². The van der Waals surface area contributed by atoms with Gasteiger partial charge in [0.2, 0.25) is 0 Å². The molecule has 4 nitrogen and oxygen atoms in total. The fourth-order valence-electron chi connectivity index (χ4n) is 2.82. The first-order valence-electron chi connectivity index (χ1n) is 9.07. The molecule has 0 saturated carbocycles. The van der Waals surface area contributed by atoms with Crippen molar-refractivity contribution in [2.75, 3.05) is 11.9 Å². The zero-order chi connectivity index (χ0) is 18.1. The molecule has 0 radical (unpaired) electrons. The Morgan fingerprint density at radius 2 is 1.88 bits per heavy atom. The first-order valence-corrected chi connectivity index (χ1v) is 9.07. The van der Waals surface area contributed by atoms with E-state index in [1.807, 2.05) is 39.0 Å². The van der Waals surface area contributed by atoms with Crippen LogP contribution in [-0.4, -0.2) is 18.7 Å². The quantitative estimate of drug-likeness (QED) is 0.833.